The van der Waals surface area contributed by atoms with E-state index in [1.54, 1.807) is 20.8 Å². The molecule has 0 heterocycles. The van der Waals surface area contributed by atoms with Crippen LogP contribution in [0.4, 0.5) is 17.6 Å². The molecule has 6 heteroatoms. The van der Waals surface area contributed by atoms with Crippen molar-refractivity contribution in [2.75, 3.05) is 0 Å². The van der Waals surface area contributed by atoms with Crippen molar-refractivity contribution in [1.29, 1.82) is 0 Å². The average Bonchev–Trinajstić information content (AvgIpc) is 3.02. The van der Waals surface area contributed by atoms with Gasteiger partial charge in [0.2, 0.25) is 5.82 Å². The molecule has 0 spiro atoms. The molecule has 0 radical (unpaired) electrons. The van der Waals surface area contributed by atoms with E-state index in [1.807, 2.05) is 0 Å². The standard InChI is InChI=1S/C14H16F4O2/c1-7(2)8-6-9(13(3)4-5-13)12(10(15)11(8)19)20-14(16,17)18/h6-7,19H,4-5H2,1-3H3. The van der Waals surface area contributed by atoms with E-state index >= 15 is 0 Å². The largest absolute Gasteiger partial charge is 0.573 e. The van der Waals surface area contributed by atoms with Crippen LogP contribution in [0.3, 0.4) is 0 Å². The molecule has 0 atom stereocenters. The van der Waals surface area contributed by atoms with Gasteiger partial charge in [-0.3, -0.25) is 0 Å². The second-order valence-corrected chi connectivity index (χ2v) is 5.77. The predicted molar refractivity (Wildman–Crippen MR) is 65.4 cm³/mol. The summed E-state index contributed by atoms with van der Waals surface area (Å²) in [6, 6.07) is 1.43. The highest BCUT2D eigenvalue weighted by atomic mass is 19.4. The molecule has 0 saturated heterocycles. The van der Waals surface area contributed by atoms with Gasteiger partial charge in [-0.2, -0.15) is 4.39 Å². The summed E-state index contributed by atoms with van der Waals surface area (Å²) in [6.07, 6.45) is -3.65. The Bertz CT molecular complexity index is 531. The van der Waals surface area contributed by atoms with Gasteiger partial charge in [-0.15, -0.1) is 13.2 Å². The molecule has 1 saturated carbocycles. The molecule has 1 N–H and O–H groups in total. The van der Waals surface area contributed by atoms with E-state index in [0.717, 1.165) is 0 Å². The molecular weight excluding hydrogens is 276 g/mol. The highest BCUT2D eigenvalue weighted by Crippen LogP contribution is 2.54. The third-order valence-electron chi connectivity index (χ3n) is 3.72. The Labute approximate surface area is 114 Å². The van der Waals surface area contributed by atoms with Crippen LogP contribution in [-0.4, -0.2) is 11.5 Å². The van der Waals surface area contributed by atoms with Crippen LogP contribution in [0.2, 0.25) is 0 Å². The molecular formula is C14H16F4O2. The second-order valence-electron chi connectivity index (χ2n) is 5.77. The maximum atomic E-state index is 14.1. The zero-order chi connectivity index (χ0) is 15.3. The van der Waals surface area contributed by atoms with Gasteiger partial charge in [0, 0.05) is 11.1 Å². The summed E-state index contributed by atoms with van der Waals surface area (Å²) < 4.78 is 55.2. The molecule has 20 heavy (non-hydrogen) atoms. The van der Waals surface area contributed by atoms with Crippen molar-refractivity contribution >= 4 is 0 Å². The summed E-state index contributed by atoms with van der Waals surface area (Å²) >= 11 is 0. The Balaban J connectivity index is 2.62. The van der Waals surface area contributed by atoms with Crippen molar-refractivity contribution in [3.8, 4) is 11.5 Å². The first-order valence-corrected chi connectivity index (χ1v) is 6.37. The molecule has 0 aromatic heterocycles. The van der Waals surface area contributed by atoms with Crippen LogP contribution >= 0.6 is 0 Å². The molecule has 0 unspecified atom stereocenters. The van der Waals surface area contributed by atoms with Crippen LogP contribution < -0.4 is 4.74 Å². The summed E-state index contributed by atoms with van der Waals surface area (Å²) in [5.41, 5.74) is -0.0485. The molecule has 2 rings (SSSR count). The van der Waals surface area contributed by atoms with Crippen LogP contribution in [0.25, 0.3) is 0 Å². The maximum Gasteiger partial charge on any atom is 0.573 e. The minimum absolute atomic E-state index is 0.175. The zero-order valence-electron chi connectivity index (χ0n) is 11.4. The monoisotopic (exact) mass is 292 g/mol. The molecule has 0 amide bonds. The molecule has 2 nitrogen and oxygen atoms in total. The van der Waals surface area contributed by atoms with Crippen molar-refractivity contribution < 1.29 is 27.4 Å². The number of phenolic OH excluding ortho intramolecular Hbond substituents is 1. The second kappa shape index (κ2) is 4.53. The number of alkyl halides is 3. The van der Waals surface area contributed by atoms with Crippen LogP contribution in [0.15, 0.2) is 6.07 Å². The Hall–Kier alpha value is -1.46. The first-order chi connectivity index (χ1) is 9.05. The summed E-state index contributed by atoms with van der Waals surface area (Å²) in [5.74, 6) is -3.21. The minimum Gasteiger partial charge on any atom is -0.505 e. The number of hydrogen-bond acceptors (Lipinski definition) is 2. The predicted octanol–water partition coefficient (Wildman–Crippen LogP) is 4.60. The molecule has 112 valence electrons. The highest BCUT2D eigenvalue weighted by molar-refractivity contribution is 5.53. The molecule has 0 bridgehead atoms. The Kier molecular flexibility index (Phi) is 3.38. The van der Waals surface area contributed by atoms with Crippen LogP contribution in [0, 0.1) is 5.82 Å². The lowest BCUT2D eigenvalue weighted by atomic mass is 9.91. The molecule has 0 aliphatic heterocycles. The SMILES string of the molecule is CC(C)c1cc(C2(C)CC2)c(OC(F)(F)F)c(F)c1O. The first kappa shape index (κ1) is 14.9. The van der Waals surface area contributed by atoms with Gasteiger partial charge in [0.1, 0.15) is 0 Å². The smallest absolute Gasteiger partial charge is 0.505 e. The number of ether oxygens (including phenoxy) is 1. The van der Waals surface area contributed by atoms with E-state index < -0.39 is 29.1 Å². The lowest BCUT2D eigenvalue weighted by Gasteiger charge is -2.21. The Morgan fingerprint density at radius 1 is 1.30 bits per heavy atom. The van der Waals surface area contributed by atoms with Crippen LogP contribution in [-0.2, 0) is 5.41 Å². The van der Waals surface area contributed by atoms with E-state index in [1.165, 1.54) is 6.07 Å². The number of rotatable bonds is 3. The van der Waals surface area contributed by atoms with Crippen LogP contribution in [0.1, 0.15) is 50.7 Å². The Morgan fingerprint density at radius 3 is 2.25 bits per heavy atom. The van der Waals surface area contributed by atoms with Gasteiger partial charge < -0.3 is 9.84 Å². The van der Waals surface area contributed by atoms with Crippen molar-refractivity contribution in [3.05, 3.63) is 23.0 Å². The van der Waals surface area contributed by atoms with Gasteiger partial charge in [0.05, 0.1) is 0 Å². The fraction of sp³-hybridized carbons (Fsp3) is 0.571. The summed E-state index contributed by atoms with van der Waals surface area (Å²) in [4.78, 5) is 0. The highest BCUT2D eigenvalue weighted by Gasteiger charge is 2.45. The van der Waals surface area contributed by atoms with E-state index in [2.05, 4.69) is 4.74 Å². The summed E-state index contributed by atoms with van der Waals surface area (Å²) in [5, 5.41) is 9.73. The van der Waals surface area contributed by atoms with E-state index in [4.69, 9.17) is 0 Å². The molecule has 1 aromatic rings. The lowest BCUT2D eigenvalue weighted by molar-refractivity contribution is -0.276. The summed E-state index contributed by atoms with van der Waals surface area (Å²) in [6.45, 7) is 5.22. The van der Waals surface area contributed by atoms with Gasteiger partial charge in [-0.1, -0.05) is 20.8 Å². The number of phenols is 1. The fourth-order valence-corrected chi connectivity index (χ4v) is 2.20. The third kappa shape index (κ3) is 2.69. The number of hydrogen-bond donors (Lipinski definition) is 1. The van der Waals surface area contributed by atoms with E-state index in [-0.39, 0.29) is 11.5 Å². The van der Waals surface area contributed by atoms with Gasteiger partial charge in [0.25, 0.3) is 0 Å². The van der Waals surface area contributed by atoms with E-state index in [9.17, 15) is 22.7 Å². The topological polar surface area (TPSA) is 29.5 Å². The van der Waals surface area contributed by atoms with Gasteiger partial charge in [-0.25, -0.2) is 0 Å². The van der Waals surface area contributed by atoms with Crippen molar-refractivity contribution in [2.24, 2.45) is 0 Å². The van der Waals surface area contributed by atoms with Crippen molar-refractivity contribution in [1.82, 2.24) is 0 Å². The number of aromatic hydroxyl groups is 1. The van der Waals surface area contributed by atoms with Gasteiger partial charge in [-0.05, 0) is 30.2 Å². The molecule has 1 aliphatic rings. The maximum absolute atomic E-state index is 14.1. The molecule has 1 aromatic carbocycles. The fourth-order valence-electron chi connectivity index (χ4n) is 2.20. The van der Waals surface area contributed by atoms with Crippen molar-refractivity contribution in [3.63, 3.8) is 0 Å². The molecule has 1 fully saturated rings. The number of benzene rings is 1. The normalized spacial score (nSPS) is 17.4. The number of halogens is 4. The zero-order valence-corrected chi connectivity index (χ0v) is 11.4. The van der Waals surface area contributed by atoms with Gasteiger partial charge >= 0.3 is 6.36 Å². The third-order valence-corrected chi connectivity index (χ3v) is 3.72. The van der Waals surface area contributed by atoms with Crippen molar-refractivity contribution in [2.45, 2.75) is 51.3 Å². The van der Waals surface area contributed by atoms with E-state index in [0.29, 0.717) is 18.4 Å². The minimum atomic E-state index is -4.99. The first-order valence-electron chi connectivity index (χ1n) is 6.37. The quantitative estimate of drug-likeness (QED) is 0.825. The Morgan fingerprint density at radius 2 is 1.85 bits per heavy atom. The summed E-state index contributed by atoms with van der Waals surface area (Å²) in [7, 11) is 0. The van der Waals surface area contributed by atoms with Crippen LogP contribution in [0.5, 0.6) is 11.5 Å². The lowest BCUT2D eigenvalue weighted by Crippen LogP contribution is -2.21. The average molecular weight is 292 g/mol. The molecule has 1 aliphatic carbocycles. The van der Waals surface area contributed by atoms with Gasteiger partial charge in [0.15, 0.2) is 11.5 Å².